The zero-order valence-electron chi connectivity index (χ0n) is 12.7. The van der Waals surface area contributed by atoms with Gasteiger partial charge in [0.25, 0.3) is 0 Å². The molecule has 0 atom stereocenters. The van der Waals surface area contributed by atoms with Crippen LogP contribution in [-0.4, -0.2) is 17.6 Å². The van der Waals surface area contributed by atoms with E-state index in [-0.39, 0.29) is 5.97 Å². The molecule has 0 bridgehead atoms. The molecule has 0 saturated heterocycles. The van der Waals surface area contributed by atoms with Crippen molar-refractivity contribution in [2.75, 3.05) is 6.61 Å². The fourth-order valence-corrected chi connectivity index (χ4v) is 2.69. The molecule has 0 fully saturated rings. The lowest BCUT2D eigenvalue weighted by Gasteiger charge is -2.14. The molecule has 22 heavy (non-hydrogen) atoms. The highest BCUT2D eigenvalue weighted by Gasteiger charge is 2.20. The van der Waals surface area contributed by atoms with Crippen molar-refractivity contribution in [3.63, 3.8) is 0 Å². The third kappa shape index (κ3) is 2.46. The molecule has 0 aliphatic carbocycles. The lowest BCUT2D eigenvalue weighted by Crippen LogP contribution is -2.10. The molecular weight excluding hydrogens is 274 g/mol. The average molecular weight is 291 g/mol. The van der Waals surface area contributed by atoms with Crippen LogP contribution >= 0.6 is 0 Å². The highest BCUT2D eigenvalue weighted by Crippen LogP contribution is 2.33. The van der Waals surface area contributed by atoms with Crippen LogP contribution in [0.4, 0.5) is 0 Å². The summed E-state index contributed by atoms with van der Waals surface area (Å²) in [6.07, 6.45) is 0. The number of pyridine rings is 1. The third-order valence-electron chi connectivity index (χ3n) is 3.62. The summed E-state index contributed by atoms with van der Waals surface area (Å²) in [5.41, 5.74) is 4.00. The van der Waals surface area contributed by atoms with Crippen LogP contribution in [0.2, 0.25) is 0 Å². The summed E-state index contributed by atoms with van der Waals surface area (Å²) in [7, 11) is 0. The van der Waals surface area contributed by atoms with Gasteiger partial charge < -0.3 is 4.74 Å². The van der Waals surface area contributed by atoms with E-state index in [4.69, 9.17) is 4.74 Å². The number of ether oxygens (including phenoxy) is 1. The van der Waals surface area contributed by atoms with Gasteiger partial charge in [0, 0.05) is 10.9 Å². The van der Waals surface area contributed by atoms with Gasteiger partial charge in [-0.3, -0.25) is 4.98 Å². The van der Waals surface area contributed by atoms with Gasteiger partial charge in [0.2, 0.25) is 0 Å². The van der Waals surface area contributed by atoms with Gasteiger partial charge in [-0.05, 0) is 25.5 Å². The molecule has 110 valence electrons. The first kappa shape index (κ1) is 14.3. The minimum Gasteiger partial charge on any atom is -0.462 e. The minimum absolute atomic E-state index is 0.322. The van der Waals surface area contributed by atoms with Gasteiger partial charge in [-0.1, -0.05) is 48.5 Å². The Morgan fingerprint density at radius 2 is 1.73 bits per heavy atom. The first-order chi connectivity index (χ1) is 10.7. The zero-order valence-corrected chi connectivity index (χ0v) is 12.7. The number of hydrogen-bond acceptors (Lipinski definition) is 3. The molecule has 0 aliphatic heterocycles. The predicted octanol–water partition coefficient (Wildman–Crippen LogP) is 4.39. The quantitative estimate of drug-likeness (QED) is 0.672. The summed E-state index contributed by atoms with van der Waals surface area (Å²) in [5, 5.41) is 0.961. The Morgan fingerprint density at radius 1 is 1.05 bits per heavy atom. The number of carbonyl (C=O) groups excluding carboxylic acids is 1. The van der Waals surface area contributed by atoms with E-state index in [1.165, 1.54) is 0 Å². The molecule has 3 heteroatoms. The number of carbonyl (C=O) groups is 1. The number of nitrogens with zero attached hydrogens (tertiary/aromatic N) is 1. The van der Waals surface area contributed by atoms with E-state index in [1.807, 2.05) is 68.4 Å². The van der Waals surface area contributed by atoms with Gasteiger partial charge in [0.1, 0.15) is 0 Å². The number of esters is 1. The molecule has 0 spiro atoms. The number of benzene rings is 2. The average Bonchev–Trinajstić information content (AvgIpc) is 2.54. The number of fused-ring (bicyclic) bond motifs is 1. The van der Waals surface area contributed by atoms with E-state index in [1.54, 1.807) is 0 Å². The maximum absolute atomic E-state index is 12.4. The zero-order chi connectivity index (χ0) is 15.5. The summed E-state index contributed by atoms with van der Waals surface area (Å²) in [6, 6.07) is 17.8. The van der Waals surface area contributed by atoms with E-state index in [2.05, 4.69) is 4.98 Å². The largest absolute Gasteiger partial charge is 0.462 e. The van der Waals surface area contributed by atoms with Crippen molar-refractivity contribution in [1.29, 1.82) is 0 Å². The number of rotatable bonds is 3. The van der Waals surface area contributed by atoms with Crippen LogP contribution in [0.1, 0.15) is 23.0 Å². The molecule has 0 amide bonds. The van der Waals surface area contributed by atoms with Crippen molar-refractivity contribution in [2.45, 2.75) is 13.8 Å². The third-order valence-corrected chi connectivity index (χ3v) is 3.62. The molecule has 0 N–H and O–H groups in total. The molecule has 0 aliphatic rings. The molecule has 1 heterocycles. The summed E-state index contributed by atoms with van der Waals surface area (Å²) in [5.74, 6) is -0.322. The molecule has 0 saturated carbocycles. The monoisotopic (exact) mass is 291 g/mol. The van der Waals surface area contributed by atoms with Gasteiger partial charge >= 0.3 is 5.97 Å². The van der Waals surface area contributed by atoms with Crippen LogP contribution in [0.25, 0.3) is 22.0 Å². The van der Waals surface area contributed by atoms with E-state index < -0.39 is 0 Å². The Hall–Kier alpha value is -2.68. The molecular formula is C19H17NO2. The van der Waals surface area contributed by atoms with Crippen molar-refractivity contribution < 1.29 is 9.53 Å². The summed E-state index contributed by atoms with van der Waals surface area (Å²) in [4.78, 5) is 17.0. The van der Waals surface area contributed by atoms with Crippen molar-refractivity contribution in [3.05, 3.63) is 65.9 Å². The van der Waals surface area contributed by atoms with Gasteiger partial charge in [0.15, 0.2) is 0 Å². The van der Waals surface area contributed by atoms with Crippen LogP contribution < -0.4 is 0 Å². The lowest BCUT2D eigenvalue weighted by atomic mass is 9.94. The highest BCUT2D eigenvalue weighted by atomic mass is 16.5. The molecule has 3 nitrogen and oxygen atoms in total. The van der Waals surface area contributed by atoms with Gasteiger partial charge in [0.05, 0.1) is 23.4 Å². The number of aryl methyl sites for hydroxylation is 1. The van der Waals surface area contributed by atoms with Crippen LogP contribution in [-0.2, 0) is 4.74 Å². The molecule has 1 aromatic heterocycles. The lowest BCUT2D eigenvalue weighted by molar-refractivity contribution is 0.0526. The Morgan fingerprint density at radius 3 is 2.45 bits per heavy atom. The van der Waals surface area contributed by atoms with Crippen molar-refractivity contribution in [1.82, 2.24) is 4.98 Å². The minimum atomic E-state index is -0.322. The van der Waals surface area contributed by atoms with E-state index in [0.717, 1.165) is 22.0 Å². The first-order valence-corrected chi connectivity index (χ1v) is 7.34. The molecule has 3 rings (SSSR count). The van der Waals surface area contributed by atoms with E-state index in [0.29, 0.717) is 17.9 Å². The van der Waals surface area contributed by atoms with Crippen molar-refractivity contribution in [3.8, 4) is 11.1 Å². The van der Waals surface area contributed by atoms with Crippen molar-refractivity contribution in [2.24, 2.45) is 0 Å². The standard InChI is InChI=1S/C19H17NO2/c1-3-22-19(21)17-13(2)20-16-12-8-7-11-15(16)18(17)14-9-5-4-6-10-14/h4-12H,3H2,1-2H3. The van der Waals surface area contributed by atoms with Crippen molar-refractivity contribution >= 4 is 16.9 Å². The number of para-hydroxylation sites is 1. The maximum atomic E-state index is 12.4. The molecule has 3 aromatic rings. The Bertz CT molecular complexity index is 825. The van der Waals surface area contributed by atoms with Gasteiger partial charge in [-0.25, -0.2) is 4.79 Å². The summed E-state index contributed by atoms with van der Waals surface area (Å²) in [6.45, 7) is 4.01. The second-order valence-electron chi connectivity index (χ2n) is 5.05. The second-order valence-corrected chi connectivity index (χ2v) is 5.05. The Kier molecular flexibility index (Phi) is 3.88. The van der Waals surface area contributed by atoms with Crippen LogP contribution in [0.15, 0.2) is 54.6 Å². The van der Waals surface area contributed by atoms with Crippen LogP contribution in [0.5, 0.6) is 0 Å². The SMILES string of the molecule is CCOC(=O)c1c(C)nc2ccccc2c1-c1ccccc1. The summed E-state index contributed by atoms with van der Waals surface area (Å²) >= 11 is 0. The molecule has 2 aromatic carbocycles. The smallest absolute Gasteiger partial charge is 0.340 e. The van der Waals surface area contributed by atoms with E-state index in [9.17, 15) is 4.79 Å². The summed E-state index contributed by atoms with van der Waals surface area (Å²) < 4.78 is 5.24. The topological polar surface area (TPSA) is 39.2 Å². The van der Waals surface area contributed by atoms with Crippen LogP contribution in [0.3, 0.4) is 0 Å². The molecule has 0 unspecified atom stereocenters. The Labute approximate surface area is 129 Å². The highest BCUT2D eigenvalue weighted by molar-refractivity contribution is 6.07. The first-order valence-electron chi connectivity index (χ1n) is 7.34. The maximum Gasteiger partial charge on any atom is 0.340 e. The fourth-order valence-electron chi connectivity index (χ4n) is 2.69. The number of aromatic nitrogens is 1. The second kappa shape index (κ2) is 5.98. The normalized spacial score (nSPS) is 10.6. The molecule has 0 radical (unpaired) electrons. The van der Waals surface area contributed by atoms with Gasteiger partial charge in [-0.15, -0.1) is 0 Å². The van der Waals surface area contributed by atoms with Gasteiger partial charge in [-0.2, -0.15) is 0 Å². The number of hydrogen-bond donors (Lipinski definition) is 0. The van der Waals surface area contributed by atoms with E-state index >= 15 is 0 Å². The predicted molar refractivity (Wildman–Crippen MR) is 87.9 cm³/mol. The Balaban J connectivity index is 2.38. The van der Waals surface area contributed by atoms with Crippen LogP contribution in [0, 0.1) is 6.92 Å². The fraction of sp³-hybridized carbons (Fsp3) is 0.158.